The summed E-state index contributed by atoms with van der Waals surface area (Å²) < 4.78 is 5.42. The quantitative estimate of drug-likeness (QED) is 0.492. The lowest BCUT2D eigenvalue weighted by molar-refractivity contribution is -0.117. The first-order chi connectivity index (χ1) is 16.7. The van der Waals surface area contributed by atoms with Gasteiger partial charge >= 0.3 is 0 Å². The number of rotatable bonds is 6. The summed E-state index contributed by atoms with van der Waals surface area (Å²) in [7, 11) is 0. The lowest BCUT2D eigenvalue weighted by Crippen LogP contribution is -2.36. The highest BCUT2D eigenvalue weighted by atomic mass is 35.5. The Balaban J connectivity index is 1.25. The number of nitrogens with one attached hydrogen (secondary N) is 3. The molecule has 34 heavy (non-hydrogen) atoms. The molecule has 2 saturated heterocycles. The number of hydrogen-bond acceptors (Lipinski definition) is 7. The van der Waals surface area contributed by atoms with Crippen molar-refractivity contribution in [2.75, 3.05) is 48.4 Å². The highest BCUT2D eigenvalue weighted by Crippen LogP contribution is 2.30. The molecular weight excluding hydrogens is 452 g/mol. The molecular formula is C25H27ClN6O2. The summed E-state index contributed by atoms with van der Waals surface area (Å²) in [5.74, 6) is 0.495. The highest BCUT2D eigenvalue weighted by molar-refractivity contribution is 6.33. The van der Waals surface area contributed by atoms with Gasteiger partial charge in [-0.25, -0.2) is 9.97 Å². The number of ether oxygens (including phenoxy) is 1. The molecule has 0 aliphatic carbocycles. The maximum absolute atomic E-state index is 12.3. The topological polar surface area (TPSA) is 91.4 Å². The zero-order chi connectivity index (χ0) is 23.3. The van der Waals surface area contributed by atoms with Gasteiger partial charge in [0.1, 0.15) is 0 Å². The van der Waals surface area contributed by atoms with Gasteiger partial charge in [0, 0.05) is 36.2 Å². The molecule has 3 N–H and O–H groups in total. The molecule has 5 rings (SSSR count). The van der Waals surface area contributed by atoms with Crippen molar-refractivity contribution in [2.45, 2.75) is 18.9 Å². The van der Waals surface area contributed by atoms with Gasteiger partial charge in [0.25, 0.3) is 0 Å². The number of benzene rings is 2. The van der Waals surface area contributed by atoms with Gasteiger partial charge in [0.2, 0.25) is 11.9 Å². The Bertz CT molecular complexity index is 1140. The zero-order valence-corrected chi connectivity index (χ0v) is 19.5. The number of nitrogens with zero attached hydrogens (tertiary/aromatic N) is 3. The fourth-order valence-electron chi connectivity index (χ4n) is 4.22. The van der Waals surface area contributed by atoms with Gasteiger partial charge < -0.3 is 25.6 Å². The second-order valence-corrected chi connectivity index (χ2v) is 8.78. The first kappa shape index (κ1) is 22.6. The van der Waals surface area contributed by atoms with Crippen molar-refractivity contribution in [3.8, 4) is 11.3 Å². The number of carbonyl (C=O) groups is 1. The normalized spacial score (nSPS) is 18.0. The molecule has 2 aliphatic heterocycles. The number of halogens is 1. The van der Waals surface area contributed by atoms with E-state index in [0.29, 0.717) is 24.2 Å². The van der Waals surface area contributed by atoms with Crippen LogP contribution in [0.2, 0.25) is 5.02 Å². The van der Waals surface area contributed by atoms with E-state index in [9.17, 15) is 4.79 Å². The smallest absolute Gasteiger partial charge is 0.241 e. The minimum Gasteiger partial charge on any atom is -0.378 e. The zero-order valence-electron chi connectivity index (χ0n) is 18.8. The molecule has 2 aromatic carbocycles. The largest absolute Gasteiger partial charge is 0.378 e. The predicted octanol–water partition coefficient (Wildman–Crippen LogP) is 4.07. The third kappa shape index (κ3) is 5.30. The summed E-state index contributed by atoms with van der Waals surface area (Å²) in [6.07, 6.45) is 3.63. The molecule has 0 spiro atoms. The highest BCUT2D eigenvalue weighted by Gasteiger charge is 2.21. The SMILES string of the molecule is O=C(Nc1ccc(-c2ccnc(Nc3ccc(N4CCOCC4)c(Cl)c3)n2)cc1)C1CCCN1. The number of morpholine rings is 1. The molecule has 1 unspecified atom stereocenters. The molecule has 0 radical (unpaired) electrons. The molecule has 1 amide bonds. The van der Waals surface area contributed by atoms with E-state index in [4.69, 9.17) is 16.3 Å². The Hall–Kier alpha value is -3.20. The molecule has 2 fully saturated rings. The van der Waals surface area contributed by atoms with Crippen molar-refractivity contribution in [1.29, 1.82) is 0 Å². The van der Waals surface area contributed by atoms with Crippen molar-refractivity contribution in [3.63, 3.8) is 0 Å². The average Bonchev–Trinajstić information content (AvgIpc) is 3.41. The van der Waals surface area contributed by atoms with Crippen LogP contribution in [0, 0.1) is 0 Å². The van der Waals surface area contributed by atoms with Gasteiger partial charge in [-0.05, 0) is 55.8 Å². The van der Waals surface area contributed by atoms with E-state index in [0.717, 1.165) is 60.8 Å². The van der Waals surface area contributed by atoms with E-state index in [1.165, 1.54) is 0 Å². The molecule has 3 aromatic rings. The first-order valence-corrected chi connectivity index (χ1v) is 11.9. The predicted molar refractivity (Wildman–Crippen MR) is 135 cm³/mol. The van der Waals surface area contributed by atoms with Gasteiger partial charge in [-0.15, -0.1) is 0 Å². The van der Waals surface area contributed by atoms with Gasteiger partial charge in [0.15, 0.2) is 0 Å². The van der Waals surface area contributed by atoms with E-state index < -0.39 is 0 Å². The Morgan fingerprint density at radius 3 is 2.62 bits per heavy atom. The number of hydrogen-bond donors (Lipinski definition) is 3. The summed E-state index contributed by atoms with van der Waals surface area (Å²) >= 11 is 6.55. The van der Waals surface area contributed by atoms with Crippen molar-refractivity contribution in [2.24, 2.45) is 0 Å². The lowest BCUT2D eigenvalue weighted by Gasteiger charge is -2.29. The van der Waals surface area contributed by atoms with Crippen LogP contribution >= 0.6 is 11.6 Å². The van der Waals surface area contributed by atoms with Crippen LogP contribution in [0.4, 0.5) is 23.0 Å². The van der Waals surface area contributed by atoms with Gasteiger partial charge in [-0.1, -0.05) is 23.7 Å². The first-order valence-electron chi connectivity index (χ1n) is 11.5. The van der Waals surface area contributed by atoms with E-state index in [2.05, 4.69) is 30.8 Å². The molecule has 9 heteroatoms. The number of aromatic nitrogens is 2. The van der Waals surface area contributed by atoms with Crippen LogP contribution in [0.3, 0.4) is 0 Å². The Morgan fingerprint density at radius 1 is 1.09 bits per heavy atom. The van der Waals surface area contributed by atoms with Crippen LogP contribution in [-0.2, 0) is 9.53 Å². The van der Waals surface area contributed by atoms with Crippen molar-refractivity contribution in [3.05, 3.63) is 59.8 Å². The molecule has 0 bridgehead atoms. The fourth-order valence-corrected chi connectivity index (χ4v) is 4.52. The average molecular weight is 479 g/mol. The second-order valence-electron chi connectivity index (χ2n) is 8.37. The van der Waals surface area contributed by atoms with Crippen molar-refractivity contribution in [1.82, 2.24) is 15.3 Å². The van der Waals surface area contributed by atoms with Gasteiger partial charge in [0.05, 0.1) is 35.7 Å². The summed E-state index contributed by atoms with van der Waals surface area (Å²) in [6, 6.07) is 15.3. The molecule has 0 saturated carbocycles. The van der Waals surface area contributed by atoms with Crippen LogP contribution < -0.4 is 20.9 Å². The maximum atomic E-state index is 12.3. The fraction of sp³-hybridized carbons (Fsp3) is 0.320. The van der Waals surface area contributed by atoms with E-state index in [1.807, 2.05) is 48.5 Å². The Kier molecular flexibility index (Phi) is 6.89. The second kappa shape index (κ2) is 10.4. The third-order valence-electron chi connectivity index (χ3n) is 6.04. The minimum absolute atomic E-state index is 0.0112. The number of carbonyl (C=O) groups excluding carboxylic acids is 1. The Labute approximate surface area is 203 Å². The molecule has 3 heterocycles. The number of anilines is 4. The van der Waals surface area contributed by atoms with Crippen molar-refractivity contribution < 1.29 is 9.53 Å². The van der Waals surface area contributed by atoms with Crippen LogP contribution in [-0.4, -0.2) is 54.8 Å². The standard InChI is InChI=1S/C25H27ClN6O2/c26-20-16-19(7-8-23(20)32-12-14-34-15-13-32)30-25-28-11-9-21(31-25)17-3-5-18(6-4-17)29-24(33)22-2-1-10-27-22/h3-9,11,16,22,27H,1-2,10,12-15H2,(H,29,33)(H,28,30,31). The van der Waals surface area contributed by atoms with Crippen LogP contribution in [0.15, 0.2) is 54.7 Å². The molecule has 1 atom stereocenters. The van der Waals surface area contributed by atoms with E-state index >= 15 is 0 Å². The van der Waals surface area contributed by atoms with E-state index in [1.54, 1.807) is 6.20 Å². The van der Waals surface area contributed by atoms with Crippen LogP contribution in [0.5, 0.6) is 0 Å². The van der Waals surface area contributed by atoms with Crippen LogP contribution in [0.1, 0.15) is 12.8 Å². The number of amides is 1. The Morgan fingerprint density at radius 2 is 1.88 bits per heavy atom. The van der Waals surface area contributed by atoms with E-state index in [-0.39, 0.29) is 11.9 Å². The van der Waals surface area contributed by atoms with Crippen molar-refractivity contribution >= 4 is 40.5 Å². The third-order valence-corrected chi connectivity index (χ3v) is 6.34. The lowest BCUT2D eigenvalue weighted by atomic mass is 10.1. The molecule has 2 aliphatic rings. The molecule has 1 aromatic heterocycles. The van der Waals surface area contributed by atoms with Crippen LogP contribution in [0.25, 0.3) is 11.3 Å². The van der Waals surface area contributed by atoms with Gasteiger partial charge in [-0.2, -0.15) is 0 Å². The molecule has 8 nitrogen and oxygen atoms in total. The maximum Gasteiger partial charge on any atom is 0.241 e. The summed E-state index contributed by atoms with van der Waals surface area (Å²) in [5, 5.41) is 10.1. The summed E-state index contributed by atoms with van der Waals surface area (Å²) in [5.41, 5.74) is 4.30. The monoisotopic (exact) mass is 478 g/mol. The molecule has 176 valence electrons. The van der Waals surface area contributed by atoms with Gasteiger partial charge in [-0.3, -0.25) is 4.79 Å². The minimum atomic E-state index is -0.105. The summed E-state index contributed by atoms with van der Waals surface area (Å²) in [4.78, 5) is 23.5. The summed E-state index contributed by atoms with van der Waals surface area (Å²) in [6.45, 7) is 3.98.